The van der Waals surface area contributed by atoms with Gasteiger partial charge in [-0.2, -0.15) is 13.2 Å². The van der Waals surface area contributed by atoms with Gasteiger partial charge in [0.15, 0.2) is 0 Å². The smallest absolute Gasteiger partial charge is 0.362 e. The summed E-state index contributed by atoms with van der Waals surface area (Å²) >= 11 is 0. The summed E-state index contributed by atoms with van der Waals surface area (Å²) in [4.78, 5) is 0. The molecule has 1 aromatic rings. The van der Waals surface area contributed by atoms with Crippen molar-refractivity contribution in [2.45, 2.75) is 32.7 Å². The van der Waals surface area contributed by atoms with Crippen molar-refractivity contribution in [2.75, 3.05) is 13.2 Å². The van der Waals surface area contributed by atoms with E-state index in [1.54, 1.807) is 6.07 Å². The maximum atomic E-state index is 12.9. The molecule has 1 aliphatic heterocycles. The summed E-state index contributed by atoms with van der Waals surface area (Å²) in [6.45, 7) is 5.41. The Balaban J connectivity index is 2.08. The lowest BCUT2D eigenvalue weighted by atomic mass is 9.93. The van der Waals surface area contributed by atoms with Crippen LogP contribution in [0.5, 0.6) is 0 Å². The van der Waals surface area contributed by atoms with E-state index in [0.29, 0.717) is 6.61 Å². The summed E-state index contributed by atoms with van der Waals surface area (Å²) in [6.07, 6.45) is -4.44. The predicted octanol–water partition coefficient (Wildman–Crippen LogP) is 3.22. The van der Waals surface area contributed by atoms with Crippen molar-refractivity contribution in [3.8, 4) is 0 Å². The van der Waals surface area contributed by atoms with E-state index in [1.807, 2.05) is 0 Å². The first kappa shape index (κ1) is 14.3. The predicted molar refractivity (Wildman–Crippen MR) is 66.7 cm³/mol. The fourth-order valence-corrected chi connectivity index (χ4v) is 2.13. The van der Waals surface area contributed by atoms with Crippen LogP contribution in [0, 0.1) is 5.41 Å². The number of halogens is 3. The van der Waals surface area contributed by atoms with Crippen LogP contribution >= 0.6 is 0 Å². The van der Waals surface area contributed by atoms with Crippen LogP contribution in [0.25, 0.3) is 0 Å². The zero-order valence-corrected chi connectivity index (χ0v) is 11.1. The average molecular weight is 273 g/mol. The van der Waals surface area contributed by atoms with Crippen molar-refractivity contribution >= 4 is 0 Å². The molecular weight excluding hydrogens is 255 g/mol. The molecule has 1 heterocycles. The summed E-state index contributed by atoms with van der Waals surface area (Å²) in [6, 6.07) is 5.65. The fourth-order valence-electron chi connectivity index (χ4n) is 2.13. The molecule has 1 saturated heterocycles. The molecule has 1 fully saturated rings. The molecule has 1 unspecified atom stereocenters. The van der Waals surface area contributed by atoms with E-state index in [4.69, 9.17) is 4.74 Å². The van der Waals surface area contributed by atoms with Crippen LogP contribution in [-0.4, -0.2) is 19.4 Å². The van der Waals surface area contributed by atoms with Gasteiger partial charge < -0.3 is 4.74 Å². The maximum Gasteiger partial charge on any atom is 0.416 e. The van der Waals surface area contributed by atoms with Crippen molar-refractivity contribution in [3.05, 3.63) is 35.4 Å². The van der Waals surface area contributed by atoms with Crippen molar-refractivity contribution in [1.29, 1.82) is 0 Å². The minimum absolute atomic E-state index is 0.0278. The Hall–Kier alpha value is -1.07. The molecular formula is C14H18F3NO. The molecule has 0 spiro atoms. The first-order valence-corrected chi connectivity index (χ1v) is 6.28. The van der Waals surface area contributed by atoms with Gasteiger partial charge in [0.25, 0.3) is 0 Å². The van der Waals surface area contributed by atoms with Gasteiger partial charge >= 0.3 is 6.18 Å². The lowest BCUT2D eigenvalue weighted by Crippen LogP contribution is -2.48. The number of hydrogen-bond donors (Lipinski definition) is 1. The van der Waals surface area contributed by atoms with Gasteiger partial charge in [0.1, 0.15) is 6.23 Å². The van der Waals surface area contributed by atoms with E-state index in [-0.39, 0.29) is 23.6 Å². The number of hydrogen-bond acceptors (Lipinski definition) is 2. The third-order valence-electron chi connectivity index (χ3n) is 3.21. The first-order valence-electron chi connectivity index (χ1n) is 6.28. The molecule has 0 aromatic heterocycles. The van der Waals surface area contributed by atoms with E-state index >= 15 is 0 Å². The van der Waals surface area contributed by atoms with Crippen LogP contribution in [0.1, 0.15) is 25.0 Å². The van der Waals surface area contributed by atoms with E-state index in [0.717, 1.165) is 12.6 Å². The van der Waals surface area contributed by atoms with Crippen LogP contribution in [0.3, 0.4) is 0 Å². The van der Waals surface area contributed by atoms with Gasteiger partial charge in [-0.05, 0) is 11.6 Å². The second-order valence-electron chi connectivity index (χ2n) is 5.70. The minimum Gasteiger partial charge on any atom is -0.362 e. The highest BCUT2D eigenvalue weighted by Crippen LogP contribution is 2.32. The molecule has 0 radical (unpaired) electrons. The largest absolute Gasteiger partial charge is 0.416 e. The van der Waals surface area contributed by atoms with Gasteiger partial charge in [-0.15, -0.1) is 0 Å². The molecule has 0 amide bonds. The molecule has 1 atom stereocenters. The van der Waals surface area contributed by atoms with Crippen LogP contribution in [0.4, 0.5) is 13.2 Å². The molecule has 1 aliphatic rings. The Morgan fingerprint density at radius 1 is 1.32 bits per heavy atom. The Morgan fingerprint density at radius 3 is 2.58 bits per heavy atom. The molecule has 1 N–H and O–H groups in total. The van der Waals surface area contributed by atoms with E-state index in [2.05, 4.69) is 19.2 Å². The number of ether oxygens (including phenoxy) is 1. The molecule has 0 saturated carbocycles. The molecule has 2 rings (SSSR count). The van der Waals surface area contributed by atoms with Gasteiger partial charge in [-0.3, -0.25) is 5.32 Å². The topological polar surface area (TPSA) is 21.3 Å². The zero-order chi connectivity index (χ0) is 14.1. The maximum absolute atomic E-state index is 12.9. The molecule has 0 aliphatic carbocycles. The van der Waals surface area contributed by atoms with Gasteiger partial charge in [-0.25, -0.2) is 0 Å². The highest BCUT2D eigenvalue weighted by molar-refractivity contribution is 5.30. The number of alkyl halides is 3. The Bertz CT molecular complexity index is 433. The van der Waals surface area contributed by atoms with Gasteiger partial charge in [0.2, 0.25) is 0 Å². The Kier molecular flexibility index (Phi) is 3.87. The van der Waals surface area contributed by atoms with E-state index in [1.165, 1.54) is 12.1 Å². The molecule has 19 heavy (non-hydrogen) atoms. The molecule has 106 valence electrons. The van der Waals surface area contributed by atoms with Gasteiger partial charge in [-0.1, -0.05) is 32.0 Å². The van der Waals surface area contributed by atoms with Gasteiger partial charge in [0, 0.05) is 18.4 Å². The lowest BCUT2D eigenvalue weighted by molar-refractivity contribution is -0.138. The van der Waals surface area contributed by atoms with Crippen molar-refractivity contribution < 1.29 is 17.9 Å². The fraction of sp³-hybridized carbons (Fsp3) is 0.571. The molecule has 1 aromatic carbocycles. The first-order chi connectivity index (χ1) is 8.78. The van der Waals surface area contributed by atoms with Crippen molar-refractivity contribution in [1.82, 2.24) is 5.32 Å². The third-order valence-corrected chi connectivity index (χ3v) is 3.21. The average Bonchev–Trinajstić information content (AvgIpc) is 2.31. The minimum atomic E-state index is -4.31. The third kappa shape index (κ3) is 3.70. The lowest BCUT2D eigenvalue weighted by Gasteiger charge is -2.35. The SMILES string of the molecule is CC1(C)CNC(Cc2ccccc2C(F)(F)F)OC1. The highest BCUT2D eigenvalue weighted by Gasteiger charge is 2.34. The van der Waals surface area contributed by atoms with Crippen LogP contribution < -0.4 is 5.32 Å². The van der Waals surface area contributed by atoms with E-state index < -0.39 is 11.7 Å². The van der Waals surface area contributed by atoms with Crippen LogP contribution in [0.2, 0.25) is 0 Å². The molecule has 5 heteroatoms. The monoisotopic (exact) mass is 273 g/mol. The normalized spacial score (nSPS) is 23.3. The van der Waals surface area contributed by atoms with Crippen LogP contribution in [-0.2, 0) is 17.3 Å². The van der Waals surface area contributed by atoms with Crippen molar-refractivity contribution in [3.63, 3.8) is 0 Å². The van der Waals surface area contributed by atoms with Gasteiger partial charge in [0.05, 0.1) is 12.2 Å². The second kappa shape index (κ2) is 5.13. The van der Waals surface area contributed by atoms with Crippen molar-refractivity contribution in [2.24, 2.45) is 5.41 Å². The highest BCUT2D eigenvalue weighted by atomic mass is 19.4. The standard InChI is InChI=1S/C14H18F3NO/c1-13(2)8-18-12(19-9-13)7-10-5-3-4-6-11(10)14(15,16)17/h3-6,12,18H,7-9H2,1-2H3. The summed E-state index contributed by atoms with van der Waals surface area (Å²) < 4.78 is 44.2. The number of nitrogens with one attached hydrogen (secondary N) is 1. The number of rotatable bonds is 2. The summed E-state index contributed by atoms with van der Waals surface area (Å²) in [7, 11) is 0. The quantitative estimate of drug-likeness (QED) is 0.893. The second-order valence-corrected chi connectivity index (χ2v) is 5.70. The Morgan fingerprint density at radius 2 is 2.00 bits per heavy atom. The zero-order valence-electron chi connectivity index (χ0n) is 11.1. The summed E-state index contributed by atoms with van der Waals surface area (Å²) in [5.74, 6) is 0. The Labute approximate surface area is 111 Å². The molecule has 0 bridgehead atoms. The van der Waals surface area contributed by atoms with Crippen LogP contribution in [0.15, 0.2) is 24.3 Å². The molecule has 2 nitrogen and oxygen atoms in total. The summed E-state index contributed by atoms with van der Waals surface area (Å²) in [5.41, 5.74) is -0.280. The van der Waals surface area contributed by atoms with E-state index in [9.17, 15) is 13.2 Å². The number of benzene rings is 1. The summed E-state index contributed by atoms with van der Waals surface area (Å²) in [5, 5.41) is 3.15.